The summed E-state index contributed by atoms with van der Waals surface area (Å²) in [6.07, 6.45) is 89.5. The maximum atomic E-state index is 12.9. The van der Waals surface area contributed by atoms with E-state index in [1.807, 2.05) is 12.2 Å². The Hall–Kier alpha value is -5.35. The third-order valence-corrected chi connectivity index (χ3v) is 16.0. The Kier molecular flexibility index (Phi) is 66.6. The molecule has 5 atom stereocenters. The maximum Gasteiger partial charge on any atom is 0.472 e. The average molecular weight is 1390 g/mol. The molecular weight excluding hydrogens is 1270 g/mol. The normalized spacial score (nSPS) is 15.2. The smallest absolute Gasteiger partial charge is 0.463 e. The molecule has 0 spiro atoms. The van der Waals surface area contributed by atoms with Crippen LogP contribution in [0.4, 0.5) is 0 Å². The Morgan fingerprint density at radius 2 is 0.557 bits per heavy atom. The van der Waals surface area contributed by atoms with E-state index in [1.54, 1.807) is 0 Å². The Labute approximate surface area is 585 Å². The highest BCUT2D eigenvalue weighted by Crippen LogP contribution is 2.45. The number of hydrogen-bond acceptors (Lipinski definition) is 14. The number of carbonyl (C=O) groups excluding carboxylic acids is 3. The second-order valence-corrected chi connectivity index (χ2v) is 26.2. The first-order chi connectivity index (χ1) is 47.2. The number of phosphoric ester groups is 2. The van der Waals surface area contributed by atoms with Crippen molar-refractivity contribution in [2.75, 3.05) is 39.6 Å². The van der Waals surface area contributed by atoms with Crippen LogP contribution < -0.4 is 0 Å². The number of hydrogen-bond donors (Lipinski definition) is 4. The minimum atomic E-state index is -4.96. The summed E-state index contributed by atoms with van der Waals surface area (Å²) in [5.74, 6) is -1.72. The Morgan fingerprint density at radius 1 is 0.299 bits per heavy atom. The van der Waals surface area contributed by atoms with Gasteiger partial charge in [-0.2, -0.15) is 0 Å². The molecule has 548 valence electrons. The van der Waals surface area contributed by atoms with Crippen molar-refractivity contribution < 1.29 is 75.8 Å². The molecule has 0 radical (unpaired) electrons. The molecule has 0 amide bonds. The van der Waals surface area contributed by atoms with Gasteiger partial charge in [-0.3, -0.25) is 32.5 Å². The van der Waals surface area contributed by atoms with Crippen LogP contribution in [0.1, 0.15) is 239 Å². The number of ether oxygens (including phenoxy) is 3. The van der Waals surface area contributed by atoms with Gasteiger partial charge in [-0.15, -0.1) is 0 Å². The topological polar surface area (TPSA) is 231 Å². The van der Waals surface area contributed by atoms with Crippen LogP contribution in [0.15, 0.2) is 182 Å². The van der Waals surface area contributed by atoms with E-state index in [0.717, 1.165) is 148 Å². The molecule has 0 rings (SSSR count). The van der Waals surface area contributed by atoms with E-state index in [1.165, 1.54) is 25.7 Å². The molecule has 0 aromatic rings. The van der Waals surface area contributed by atoms with Crippen molar-refractivity contribution in [2.45, 2.75) is 257 Å². The van der Waals surface area contributed by atoms with Crippen LogP contribution in [0.5, 0.6) is 0 Å². The lowest BCUT2D eigenvalue weighted by Gasteiger charge is -2.21. The van der Waals surface area contributed by atoms with E-state index in [4.69, 9.17) is 32.3 Å². The molecule has 0 aliphatic carbocycles. The minimum absolute atomic E-state index is 0.00776. The van der Waals surface area contributed by atoms with Gasteiger partial charge in [-0.1, -0.05) is 248 Å². The molecule has 0 bridgehead atoms. The van der Waals surface area contributed by atoms with Gasteiger partial charge in [0, 0.05) is 19.3 Å². The summed E-state index contributed by atoms with van der Waals surface area (Å²) in [4.78, 5) is 58.5. The maximum absolute atomic E-state index is 12.9. The number of esters is 3. The van der Waals surface area contributed by atoms with Crippen molar-refractivity contribution in [3.05, 3.63) is 182 Å². The summed E-state index contributed by atoms with van der Waals surface area (Å²) >= 11 is 0. The standard InChI is InChI=1S/C79H126O16P2/c1-4-7-10-13-16-19-22-25-28-31-33-35-36-38-40-42-44-47-50-53-56-59-62-65-77(82)89-68-74(80)69-91-96(85,86)92-70-75(81)71-93-97(87,88)94-73-76(95-79(84)67-64-61-58-55-52-49-46-41-30-27-24-21-18-15-12-9-6-3)72-90-78(83)66-63-60-57-54-51-48-45-43-39-37-34-32-29-26-23-20-17-14-11-8-5-2/h8-9,11-12,16-21,25-30,33-35,37-38,40,43,45-46,49,51,54-55,58,74-76,80-81H,4-7,10,13-15,22-24,31-32,36,39,41-42,44,47-48,50,52-53,56-57,59-73H2,1-3H3,(H,85,86)(H,87,88)/b11-8-,12-9-,19-16-,20-17-,21-18-,28-25-,29-26-,30-27-,35-33-,37-34-,40-38-,45-43-,49-46-,54-51-,58-55-. The molecule has 0 fully saturated rings. The van der Waals surface area contributed by atoms with Crippen LogP contribution in [-0.2, 0) is 55.8 Å². The summed E-state index contributed by atoms with van der Waals surface area (Å²) in [6.45, 7) is 2.24. The Bertz CT molecular complexity index is 2490. The number of rotatable bonds is 66. The molecule has 18 heteroatoms. The van der Waals surface area contributed by atoms with Gasteiger partial charge >= 0.3 is 33.6 Å². The molecule has 0 saturated carbocycles. The fraction of sp³-hybridized carbons (Fsp3) is 0.582. The van der Waals surface area contributed by atoms with Crippen molar-refractivity contribution >= 4 is 33.6 Å². The molecular formula is C79H126O16P2. The first-order valence-electron chi connectivity index (χ1n) is 36.1. The highest BCUT2D eigenvalue weighted by Gasteiger charge is 2.29. The first-order valence-corrected chi connectivity index (χ1v) is 39.1. The molecule has 0 aliphatic heterocycles. The fourth-order valence-electron chi connectivity index (χ4n) is 8.65. The second kappa shape index (κ2) is 70.5. The van der Waals surface area contributed by atoms with E-state index in [2.05, 4.69) is 191 Å². The molecule has 4 N–H and O–H groups in total. The van der Waals surface area contributed by atoms with Gasteiger partial charge in [0.05, 0.1) is 26.4 Å². The molecule has 97 heavy (non-hydrogen) atoms. The van der Waals surface area contributed by atoms with E-state index in [9.17, 15) is 43.5 Å². The molecule has 0 aromatic carbocycles. The predicted molar refractivity (Wildman–Crippen MR) is 398 cm³/mol. The van der Waals surface area contributed by atoms with Gasteiger partial charge in [0.25, 0.3) is 0 Å². The summed E-state index contributed by atoms with van der Waals surface area (Å²) < 4.78 is 60.9. The lowest BCUT2D eigenvalue weighted by atomic mass is 10.1. The van der Waals surface area contributed by atoms with Crippen LogP contribution in [0.2, 0.25) is 0 Å². The summed E-state index contributed by atoms with van der Waals surface area (Å²) in [7, 11) is -9.84. The van der Waals surface area contributed by atoms with Crippen molar-refractivity contribution in [1.29, 1.82) is 0 Å². The van der Waals surface area contributed by atoms with Gasteiger partial charge in [0.2, 0.25) is 0 Å². The number of unbranched alkanes of at least 4 members (excludes halogenated alkanes) is 13. The minimum Gasteiger partial charge on any atom is -0.463 e. The van der Waals surface area contributed by atoms with Crippen LogP contribution >= 0.6 is 15.6 Å². The molecule has 0 heterocycles. The van der Waals surface area contributed by atoms with Gasteiger partial charge < -0.3 is 34.2 Å². The van der Waals surface area contributed by atoms with Crippen LogP contribution in [0, 0.1) is 0 Å². The van der Waals surface area contributed by atoms with Crippen molar-refractivity contribution in [1.82, 2.24) is 0 Å². The van der Waals surface area contributed by atoms with Gasteiger partial charge in [0.15, 0.2) is 6.10 Å². The van der Waals surface area contributed by atoms with E-state index >= 15 is 0 Å². The van der Waals surface area contributed by atoms with Gasteiger partial charge in [-0.05, 0) is 154 Å². The van der Waals surface area contributed by atoms with Crippen LogP contribution in [0.25, 0.3) is 0 Å². The van der Waals surface area contributed by atoms with Crippen molar-refractivity contribution in [3.8, 4) is 0 Å². The van der Waals surface area contributed by atoms with E-state index < -0.39 is 91.5 Å². The largest absolute Gasteiger partial charge is 0.472 e. The highest BCUT2D eigenvalue weighted by molar-refractivity contribution is 7.47. The predicted octanol–water partition coefficient (Wildman–Crippen LogP) is 20.6. The van der Waals surface area contributed by atoms with E-state index in [0.29, 0.717) is 25.7 Å². The molecule has 5 unspecified atom stereocenters. The fourth-order valence-corrected chi connectivity index (χ4v) is 10.2. The summed E-state index contributed by atoms with van der Waals surface area (Å²) in [5.41, 5.74) is 0. The molecule has 16 nitrogen and oxygen atoms in total. The average Bonchev–Trinajstić information content (AvgIpc) is 1.65. The zero-order valence-electron chi connectivity index (χ0n) is 59.4. The van der Waals surface area contributed by atoms with Crippen molar-refractivity contribution in [2.24, 2.45) is 0 Å². The van der Waals surface area contributed by atoms with Gasteiger partial charge in [-0.25, -0.2) is 9.13 Å². The third kappa shape index (κ3) is 71.7. The monoisotopic (exact) mass is 1390 g/mol. The second-order valence-electron chi connectivity index (χ2n) is 23.3. The Balaban J connectivity index is 4.79. The number of aliphatic hydroxyl groups excluding tert-OH is 2. The van der Waals surface area contributed by atoms with E-state index in [-0.39, 0.29) is 19.3 Å². The molecule has 0 aliphatic rings. The molecule has 0 aromatic heterocycles. The SMILES string of the molecule is CC/C=C\C/C=C\C/C=C\C/C=C\C/C=C\C/C=C\CCCCC(=O)OCC(COP(=O)(O)OCC(O)COP(=O)(O)OCC(O)COC(=O)CCCCCCCCC/C=C\C/C=C\C/C=C\C/C=C\CCCCC)OC(=O)CCC/C=C\C/C=C\C/C=C\C/C=C\C/C=C\CC. The van der Waals surface area contributed by atoms with Crippen molar-refractivity contribution in [3.63, 3.8) is 0 Å². The van der Waals surface area contributed by atoms with Crippen LogP contribution in [0.3, 0.4) is 0 Å². The third-order valence-electron chi connectivity index (χ3n) is 14.1. The van der Waals surface area contributed by atoms with Crippen LogP contribution in [-0.4, -0.2) is 95.9 Å². The Morgan fingerprint density at radius 3 is 0.918 bits per heavy atom. The zero-order chi connectivity index (χ0) is 70.9. The number of allylic oxidation sites excluding steroid dienone is 30. The number of aliphatic hydroxyl groups is 2. The highest BCUT2D eigenvalue weighted by atomic mass is 31.2. The first kappa shape index (κ1) is 91.6. The zero-order valence-corrected chi connectivity index (χ0v) is 61.2. The lowest BCUT2D eigenvalue weighted by Crippen LogP contribution is -2.30. The molecule has 0 saturated heterocycles. The number of phosphoric acid groups is 2. The summed E-state index contributed by atoms with van der Waals surface area (Å²) in [5, 5.41) is 20.6. The van der Waals surface area contributed by atoms with Gasteiger partial charge in [0.1, 0.15) is 25.4 Å². The number of carbonyl (C=O) groups is 3. The lowest BCUT2D eigenvalue weighted by molar-refractivity contribution is -0.161. The quantitative estimate of drug-likeness (QED) is 0.0146. The summed E-state index contributed by atoms with van der Waals surface area (Å²) in [6, 6.07) is 0.